The van der Waals surface area contributed by atoms with Gasteiger partial charge in [-0.3, -0.25) is 0 Å². The average Bonchev–Trinajstić information content (AvgIpc) is 2.67. The summed E-state index contributed by atoms with van der Waals surface area (Å²) in [6.07, 6.45) is 1.51. The Morgan fingerprint density at radius 1 is 1.21 bits per heavy atom. The second-order valence-corrected chi connectivity index (χ2v) is 3.09. The third kappa shape index (κ3) is 1.67. The van der Waals surface area contributed by atoms with E-state index in [0.717, 1.165) is 5.56 Å². The fourth-order valence-electron chi connectivity index (χ4n) is 1.03. The van der Waals surface area contributed by atoms with Crippen LogP contribution in [0.1, 0.15) is 5.89 Å². The summed E-state index contributed by atoms with van der Waals surface area (Å²) in [6, 6.07) is 7.19. The molecule has 70 valence electrons. The fraction of sp³-hybridized carbons (Fsp3) is 0. The van der Waals surface area contributed by atoms with Gasteiger partial charge >= 0.3 is 0 Å². The van der Waals surface area contributed by atoms with Crippen LogP contribution < -0.4 is 0 Å². The molecule has 0 radical (unpaired) electrons. The van der Waals surface area contributed by atoms with Crippen molar-refractivity contribution in [3.63, 3.8) is 0 Å². The van der Waals surface area contributed by atoms with Crippen molar-refractivity contribution in [3.05, 3.63) is 41.8 Å². The summed E-state index contributed by atoms with van der Waals surface area (Å²) in [6.45, 7) is 3.53. The number of hydrogen-bond donors (Lipinski definition) is 0. The summed E-state index contributed by atoms with van der Waals surface area (Å²) in [4.78, 5) is 0. The van der Waals surface area contributed by atoms with Gasteiger partial charge in [0.1, 0.15) is 0 Å². The molecule has 0 aliphatic rings. The molecule has 0 fully saturated rings. The van der Waals surface area contributed by atoms with Crippen molar-refractivity contribution in [1.82, 2.24) is 10.2 Å². The molecule has 0 bridgehead atoms. The molecule has 1 aromatic carbocycles. The van der Waals surface area contributed by atoms with E-state index in [-0.39, 0.29) is 0 Å². The van der Waals surface area contributed by atoms with E-state index in [4.69, 9.17) is 16.0 Å². The summed E-state index contributed by atoms with van der Waals surface area (Å²) in [5.74, 6) is 0.881. The second-order valence-electron chi connectivity index (χ2n) is 2.66. The first-order valence-electron chi connectivity index (χ1n) is 4.01. The van der Waals surface area contributed by atoms with Gasteiger partial charge in [0.15, 0.2) is 0 Å². The minimum Gasteiger partial charge on any atom is -0.417 e. The van der Waals surface area contributed by atoms with Crippen LogP contribution in [0.5, 0.6) is 0 Å². The van der Waals surface area contributed by atoms with E-state index < -0.39 is 0 Å². The van der Waals surface area contributed by atoms with Crippen molar-refractivity contribution in [2.45, 2.75) is 0 Å². The van der Waals surface area contributed by atoms with Gasteiger partial charge in [0.2, 0.25) is 11.8 Å². The number of hydrogen-bond acceptors (Lipinski definition) is 3. The molecular formula is C10H7ClN2O. The molecule has 1 aromatic heterocycles. The molecule has 1 heterocycles. The van der Waals surface area contributed by atoms with Crippen LogP contribution in [0.2, 0.25) is 5.02 Å². The zero-order valence-corrected chi connectivity index (χ0v) is 8.03. The zero-order valence-electron chi connectivity index (χ0n) is 7.27. The molecule has 4 heteroatoms. The highest BCUT2D eigenvalue weighted by Crippen LogP contribution is 2.20. The van der Waals surface area contributed by atoms with E-state index in [0.29, 0.717) is 16.8 Å². The lowest BCUT2D eigenvalue weighted by molar-refractivity contribution is 0.558. The van der Waals surface area contributed by atoms with Crippen LogP contribution in [0.3, 0.4) is 0 Å². The van der Waals surface area contributed by atoms with Crippen molar-refractivity contribution in [1.29, 1.82) is 0 Å². The van der Waals surface area contributed by atoms with E-state index in [1.165, 1.54) is 6.08 Å². The molecule has 0 unspecified atom stereocenters. The summed E-state index contributed by atoms with van der Waals surface area (Å²) in [5, 5.41) is 8.30. The summed E-state index contributed by atoms with van der Waals surface area (Å²) in [5.41, 5.74) is 0.843. The maximum Gasteiger partial charge on any atom is 0.248 e. The van der Waals surface area contributed by atoms with Crippen molar-refractivity contribution in [2.75, 3.05) is 0 Å². The van der Waals surface area contributed by atoms with Crippen molar-refractivity contribution in [2.24, 2.45) is 0 Å². The lowest BCUT2D eigenvalue weighted by Gasteiger charge is -1.93. The predicted molar refractivity (Wildman–Crippen MR) is 54.8 cm³/mol. The Morgan fingerprint density at radius 3 is 2.50 bits per heavy atom. The van der Waals surface area contributed by atoms with Crippen LogP contribution in [-0.4, -0.2) is 10.2 Å². The van der Waals surface area contributed by atoms with Crippen LogP contribution in [0, 0.1) is 0 Å². The molecule has 0 aliphatic carbocycles. The molecule has 0 saturated heterocycles. The maximum absolute atomic E-state index is 5.75. The van der Waals surface area contributed by atoms with E-state index in [9.17, 15) is 0 Å². The van der Waals surface area contributed by atoms with E-state index in [2.05, 4.69) is 16.8 Å². The Kier molecular flexibility index (Phi) is 2.33. The van der Waals surface area contributed by atoms with Gasteiger partial charge in [-0.2, -0.15) is 0 Å². The van der Waals surface area contributed by atoms with Gasteiger partial charge in [-0.25, -0.2) is 0 Å². The standard InChI is InChI=1S/C10H7ClN2O/c1-2-9-12-13-10(14-9)7-3-5-8(11)6-4-7/h2-6H,1H2. The second kappa shape index (κ2) is 3.64. The van der Waals surface area contributed by atoms with Gasteiger partial charge < -0.3 is 4.42 Å². The minimum absolute atomic E-state index is 0.412. The molecule has 0 aliphatic heterocycles. The fourth-order valence-corrected chi connectivity index (χ4v) is 1.15. The Labute approximate surface area is 86.0 Å². The highest BCUT2D eigenvalue weighted by Gasteiger charge is 2.05. The van der Waals surface area contributed by atoms with Gasteiger partial charge in [-0.05, 0) is 30.3 Å². The van der Waals surface area contributed by atoms with Crippen LogP contribution >= 0.6 is 11.6 Å². The topological polar surface area (TPSA) is 38.9 Å². The summed E-state index contributed by atoms with van der Waals surface area (Å²) < 4.78 is 5.28. The first-order chi connectivity index (χ1) is 6.79. The lowest BCUT2D eigenvalue weighted by Crippen LogP contribution is -1.76. The largest absolute Gasteiger partial charge is 0.417 e. The predicted octanol–water partition coefficient (Wildman–Crippen LogP) is 3.03. The van der Waals surface area contributed by atoms with E-state index in [1.54, 1.807) is 12.1 Å². The number of nitrogens with zero attached hydrogens (tertiary/aromatic N) is 2. The highest BCUT2D eigenvalue weighted by molar-refractivity contribution is 6.30. The molecule has 14 heavy (non-hydrogen) atoms. The Balaban J connectivity index is 2.39. The minimum atomic E-state index is 0.412. The molecule has 3 nitrogen and oxygen atoms in total. The molecule has 0 atom stereocenters. The first-order valence-corrected chi connectivity index (χ1v) is 4.39. The maximum atomic E-state index is 5.75. The van der Waals surface area contributed by atoms with Gasteiger partial charge in [-0.15, -0.1) is 10.2 Å². The van der Waals surface area contributed by atoms with Crippen molar-refractivity contribution in [3.8, 4) is 11.5 Å². The smallest absolute Gasteiger partial charge is 0.248 e. The molecule has 2 aromatic rings. The third-order valence-electron chi connectivity index (χ3n) is 1.71. The molecule has 0 spiro atoms. The lowest BCUT2D eigenvalue weighted by atomic mass is 10.2. The van der Waals surface area contributed by atoms with Crippen LogP contribution in [-0.2, 0) is 0 Å². The monoisotopic (exact) mass is 206 g/mol. The number of rotatable bonds is 2. The Morgan fingerprint density at radius 2 is 1.93 bits per heavy atom. The van der Waals surface area contributed by atoms with Gasteiger partial charge in [-0.1, -0.05) is 18.2 Å². The summed E-state index contributed by atoms with van der Waals surface area (Å²) in [7, 11) is 0. The highest BCUT2D eigenvalue weighted by atomic mass is 35.5. The third-order valence-corrected chi connectivity index (χ3v) is 1.96. The SMILES string of the molecule is C=Cc1nnc(-c2ccc(Cl)cc2)o1. The van der Waals surface area contributed by atoms with E-state index in [1.807, 2.05) is 12.1 Å². The molecular weight excluding hydrogens is 200 g/mol. The quantitative estimate of drug-likeness (QED) is 0.758. The van der Waals surface area contributed by atoms with Gasteiger partial charge in [0.25, 0.3) is 0 Å². The molecule has 0 saturated carbocycles. The van der Waals surface area contributed by atoms with Gasteiger partial charge in [0.05, 0.1) is 0 Å². The average molecular weight is 207 g/mol. The Hall–Kier alpha value is -1.61. The van der Waals surface area contributed by atoms with Crippen LogP contribution in [0.25, 0.3) is 17.5 Å². The van der Waals surface area contributed by atoms with Crippen molar-refractivity contribution >= 4 is 17.7 Å². The van der Waals surface area contributed by atoms with Crippen LogP contribution in [0.4, 0.5) is 0 Å². The molecule has 0 amide bonds. The normalized spacial score (nSPS) is 10.1. The number of halogens is 1. The zero-order chi connectivity index (χ0) is 9.97. The van der Waals surface area contributed by atoms with Crippen LogP contribution in [0.15, 0.2) is 35.3 Å². The van der Waals surface area contributed by atoms with E-state index >= 15 is 0 Å². The molecule has 0 N–H and O–H groups in total. The Bertz CT molecular complexity index is 447. The number of benzene rings is 1. The van der Waals surface area contributed by atoms with Crippen molar-refractivity contribution < 1.29 is 4.42 Å². The first kappa shape index (κ1) is 8.97. The molecule has 2 rings (SSSR count). The summed E-state index contributed by atoms with van der Waals surface area (Å²) >= 11 is 5.75. The van der Waals surface area contributed by atoms with Gasteiger partial charge in [0, 0.05) is 10.6 Å². The number of aromatic nitrogens is 2.